The van der Waals surface area contributed by atoms with Gasteiger partial charge >= 0.3 is 5.97 Å². The van der Waals surface area contributed by atoms with Crippen molar-refractivity contribution < 1.29 is 9.90 Å². The maximum Gasteiger partial charge on any atom is 0.304 e. The molecule has 0 aliphatic carbocycles. The first-order valence-corrected chi connectivity index (χ1v) is 4.67. The molecule has 0 fully saturated rings. The minimum atomic E-state index is -0.875. The molecule has 5 heteroatoms. The third kappa shape index (κ3) is 5.62. The molecular formula is C10H13Cl2NO2. The van der Waals surface area contributed by atoms with Crippen molar-refractivity contribution >= 4 is 30.0 Å². The maximum absolute atomic E-state index is 10.4. The largest absolute Gasteiger partial charge is 0.481 e. The number of hydrogen-bond donors (Lipinski definition) is 2. The summed E-state index contributed by atoms with van der Waals surface area (Å²) in [6, 6.07) is 6.92. The van der Waals surface area contributed by atoms with Crippen molar-refractivity contribution in [3.8, 4) is 0 Å². The number of hydrogen-bond acceptors (Lipinski definition) is 2. The van der Waals surface area contributed by atoms with E-state index in [4.69, 9.17) is 22.4 Å². The summed E-state index contributed by atoms with van der Waals surface area (Å²) < 4.78 is 0. The summed E-state index contributed by atoms with van der Waals surface area (Å²) in [5.41, 5.74) is 6.60. The number of carboxylic acids is 1. The van der Waals surface area contributed by atoms with Crippen LogP contribution >= 0.6 is 24.0 Å². The van der Waals surface area contributed by atoms with E-state index in [0.717, 1.165) is 5.56 Å². The highest BCUT2D eigenvalue weighted by molar-refractivity contribution is 6.30. The Labute approximate surface area is 99.6 Å². The Kier molecular flexibility index (Phi) is 6.32. The average molecular weight is 250 g/mol. The van der Waals surface area contributed by atoms with Crippen LogP contribution < -0.4 is 5.73 Å². The standard InChI is InChI=1S/C10H12ClNO2.ClH/c11-8-3-1-2-7(4-8)5-9(12)6-10(13)14;/h1-4,9H,5-6,12H2,(H,13,14);1H/t9-;/m1./s1. The highest BCUT2D eigenvalue weighted by atomic mass is 35.5. The lowest BCUT2D eigenvalue weighted by atomic mass is 10.0. The van der Waals surface area contributed by atoms with Crippen LogP contribution in [0.4, 0.5) is 0 Å². The third-order valence-electron chi connectivity index (χ3n) is 1.82. The Morgan fingerprint density at radius 1 is 1.53 bits per heavy atom. The van der Waals surface area contributed by atoms with Crippen LogP contribution in [-0.2, 0) is 11.2 Å². The Hall–Kier alpha value is -0.770. The number of halogens is 2. The van der Waals surface area contributed by atoms with Crippen LogP contribution in [0.15, 0.2) is 24.3 Å². The first kappa shape index (κ1) is 14.2. The van der Waals surface area contributed by atoms with Crippen molar-refractivity contribution in [1.29, 1.82) is 0 Å². The van der Waals surface area contributed by atoms with Crippen LogP contribution in [-0.4, -0.2) is 17.1 Å². The van der Waals surface area contributed by atoms with E-state index >= 15 is 0 Å². The molecule has 1 rings (SSSR count). The quantitative estimate of drug-likeness (QED) is 0.860. The molecule has 3 nitrogen and oxygen atoms in total. The van der Waals surface area contributed by atoms with Gasteiger partial charge in [0.15, 0.2) is 0 Å². The molecule has 0 amide bonds. The zero-order valence-corrected chi connectivity index (χ0v) is 9.59. The summed E-state index contributed by atoms with van der Waals surface area (Å²) >= 11 is 5.78. The number of benzene rings is 1. The molecule has 0 radical (unpaired) electrons. The molecule has 0 aromatic heterocycles. The van der Waals surface area contributed by atoms with Crippen molar-refractivity contribution in [3.63, 3.8) is 0 Å². The summed E-state index contributed by atoms with van der Waals surface area (Å²) in [5, 5.41) is 9.15. The lowest BCUT2D eigenvalue weighted by molar-refractivity contribution is -0.137. The van der Waals surface area contributed by atoms with E-state index in [2.05, 4.69) is 0 Å². The molecule has 0 heterocycles. The Morgan fingerprint density at radius 3 is 2.73 bits per heavy atom. The normalized spacial score (nSPS) is 11.6. The molecular weight excluding hydrogens is 237 g/mol. The van der Waals surface area contributed by atoms with Crippen LogP contribution in [0.25, 0.3) is 0 Å². The molecule has 0 bridgehead atoms. The van der Waals surface area contributed by atoms with Crippen LogP contribution in [0.5, 0.6) is 0 Å². The van der Waals surface area contributed by atoms with E-state index in [1.165, 1.54) is 0 Å². The molecule has 3 N–H and O–H groups in total. The van der Waals surface area contributed by atoms with Crippen LogP contribution in [0, 0.1) is 0 Å². The molecule has 0 saturated carbocycles. The highest BCUT2D eigenvalue weighted by Gasteiger charge is 2.08. The van der Waals surface area contributed by atoms with Gasteiger partial charge in [-0.3, -0.25) is 4.79 Å². The first-order valence-electron chi connectivity index (χ1n) is 4.30. The SMILES string of the molecule is Cl.N[C@@H](CC(=O)O)Cc1cccc(Cl)c1. The van der Waals surface area contributed by atoms with Gasteiger partial charge in [-0.2, -0.15) is 0 Å². The number of nitrogens with two attached hydrogens (primary N) is 1. The van der Waals surface area contributed by atoms with Gasteiger partial charge in [0.05, 0.1) is 6.42 Å². The van der Waals surface area contributed by atoms with Gasteiger partial charge in [-0.05, 0) is 24.1 Å². The van der Waals surface area contributed by atoms with E-state index in [9.17, 15) is 4.79 Å². The van der Waals surface area contributed by atoms with Crippen LogP contribution in [0.1, 0.15) is 12.0 Å². The van der Waals surface area contributed by atoms with Gasteiger partial charge in [0, 0.05) is 11.1 Å². The summed E-state index contributed by atoms with van der Waals surface area (Å²) in [6.45, 7) is 0. The van der Waals surface area contributed by atoms with Crippen molar-refractivity contribution in [1.82, 2.24) is 0 Å². The van der Waals surface area contributed by atoms with E-state index < -0.39 is 5.97 Å². The minimum absolute atomic E-state index is 0. The number of carboxylic acid groups (broad SMARTS) is 1. The maximum atomic E-state index is 10.4. The predicted molar refractivity (Wildman–Crippen MR) is 62.6 cm³/mol. The Balaban J connectivity index is 0.00000196. The van der Waals surface area contributed by atoms with Gasteiger partial charge in [0.25, 0.3) is 0 Å². The second kappa shape index (κ2) is 6.67. The molecule has 15 heavy (non-hydrogen) atoms. The fourth-order valence-corrected chi connectivity index (χ4v) is 1.48. The molecule has 0 aliphatic heterocycles. The van der Waals surface area contributed by atoms with Gasteiger partial charge in [0.1, 0.15) is 0 Å². The van der Waals surface area contributed by atoms with E-state index in [1.807, 2.05) is 12.1 Å². The second-order valence-electron chi connectivity index (χ2n) is 3.19. The Morgan fingerprint density at radius 2 is 2.20 bits per heavy atom. The number of aliphatic carboxylic acids is 1. The molecule has 1 aromatic rings. The van der Waals surface area contributed by atoms with Crippen molar-refractivity contribution in [2.75, 3.05) is 0 Å². The number of rotatable bonds is 4. The summed E-state index contributed by atoms with van der Waals surface area (Å²) in [6.07, 6.45) is 0.513. The zero-order chi connectivity index (χ0) is 10.6. The highest BCUT2D eigenvalue weighted by Crippen LogP contribution is 2.12. The molecule has 0 saturated heterocycles. The lowest BCUT2D eigenvalue weighted by Gasteiger charge is -2.08. The summed E-state index contributed by atoms with van der Waals surface area (Å²) in [5.74, 6) is -0.875. The third-order valence-corrected chi connectivity index (χ3v) is 2.06. The fraction of sp³-hybridized carbons (Fsp3) is 0.300. The molecule has 84 valence electrons. The van der Waals surface area contributed by atoms with Crippen molar-refractivity contribution in [2.24, 2.45) is 5.73 Å². The van der Waals surface area contributed by atoms with Crippen molar-refractivity contribution in [2.45, 2.75) is 18.9 Å². The van der Waals surface area contributed by atoms with E-state index in [0.29, 0.717) is 11.4 Å². The topological polar surface area (TPSA) is 63.3 Å². The van der Waals surface area contributed by atoms with Gasteiger partial charge < -0.3 is 10.8 Å². The van der Waals surface area contributed by atoms with Gasteiger partial charge in [-0.1, -0.05) is 23.7 Å². The number of carbonyl (C=O) groups is 1. The first-order chi connectivity index (χ1) is 6.58. The molecule has 1 aromatic carbocycles. The van der Waals surface area contributed by atoms with Crippen LogP contribution in [0.3, 0.4) is 0 Å². The van der Waals surface area contributed by atoms with Gasteiger partial charge in [0.2, 0.25) is 0 Å². The summed E-state index contributed by atoms with van der Waals surface area (Å²) in [4.78, 5) is 10.4. The lowest BCUT2D eigenvalue weighted by Crippen LogP contribution is -2.26. The minimum Gasteiger partial charge on any atom is -0.481 e. The van der Waals surface area contributed by atoms with Crippen LogP contribution in [0.2, 0.25) is 5.02 Å². The Bertz CT molecular complexity index is 331. The second-order valence-corrected chi connectivity index (χ2v) is 3.63. The van der Waals surface area contributed by atoms with Gasteiger partial charge in [-0.25, -0.2) is 0 Å². The average Bonchev–Trinajstić information content (AvgIpc) is 2.01. The van der Waals surface area contributed by atoms with Gasteiger partial charge in [-0.15, -0.1) is 12.4 Å². The molecule has 0 unspecified atom stereocenters. The molecule has 0 spiro atoms. The summed E-state index contributed by atoms with van der Waals surface area (Å²) in [7, 11) is 0. The predicted octanol–water partition coefficient (Wildman–Crippen LogP) is 2.11. The molecule has 0 aliphatic rings. The fourth-order valence-electron chi connectivity index (χ4n) is 1.26. The van der Waals surface area contributed by atoms with E-state index in [-0.39, 0.29) is 24.9 Å². The van der Waals surface area contributed by atoms with Crippen molar-refractivity contribution in [3.05, 3.63) is 34.9 Å². The monoisotopic (exact) mass is 249 g/mol. The zero-order valence-electron chi connectivity index (χ0n) is 8.02. The van der Waals surface area contributed by atoms with E-state index in [1.54, 1.807) is 12.1 Å². The smallest absolute Gasteiger partial charge is 0.304 e. The molecule has 1 atom stereocenters.